The summed E-state index contributed by atoms with van der Waals surface area (Å²) in [6.07, 6.45) is -0.902. The van der Waals surface area contributed by atoms with Crippen LogP contribution in [0.5, 0.6) is 0 Å². The van der Waals surface area contributed by atoms with Crippen LogP contribution in [-0.4, -0.2) is 50.1 Å². The molecule has 10 heteroatoms. The second kappa shape index (κ2) is 8.19. The van der Waals surface area contributed by atoms with Crippen molar-refractivity contribution in [3.8, 4) is 0 Å². The number of nitrogens with zero attached hydrogens (tertiary/aromatic N) is 3. The van der Waals surface area contributed by atoms with E-state index in [1.54, 1.807) is 6.92 Å². The molecule has 1 aromatic carbocycles. The van der Waals surface area contributed by atoms with Crippen molar-refractivity contribution in [1.82, 2.24) is 0 Å². The van der Waals surface area contributed by atoms with Crippen LogP contribution in [0.15, 0.2) is 40.3 Å². The molecule has 0 amide bonds. The van der Waals surface area contributed by atoms with Gasteiger partial charge >= 0.3 is 0 Å². The SMILES string of the molecule is CC1[C@H](O)C(COS(C)(=O)=O)O[C@@H](Sc2ccccc2)[C@H]1N=[N+]=[N-]. The molecule has 0 aromatic heterocycles. The molecule has 0 spiro atoms. The molecule has 0 saturated carbocycles. The normalized spacial score (nSPS) is 30.5. The van der Waals surface area contributed by atoms with Crippen LogP contribution in [0.4, 0.5) is 0 Å². The summed E-state index contributed by atoms with van der Waals surface area (Å²) in [6.45, 7) is 1.44. The van der Waals surface area contributed by atoms with Crippen molar-refractivity contribution in [3.63, 3.8) is 0 Å². The van der Waals surface area contributed by atoms with Gasteiger partial charge < -0.3 is 9.84 Å². The Balaban J connectivity index is 2.18. The minimum atomic E-state index is -3.64. The van der Waals surface area contributed by atoms with Gasteiger partial charge in [-0.15, -0.1) is 0 Å². The smallest absolute Gasteiger partial charge is 0.264 e. The molecule has 0 bridgehead atoms. The number of hydrogen-bond acceptors (Lipinski definition) is 7. The number of ether oxygens (including phenoxy) is 1. The van der Waals surface area contributed by atoms with E-state index in [9.17, 15) is 13.5 Å². The molecule has 2 unspecified atom stereocenters. The van der Waals surface area contributed by atoms with E-state index in [0.29, 0.717) is 0 Å². The number of benzene rings is 1. The zero-order valence-electron chi connectivity index (χ0n) is 13.2. The van der Waals surface area contributed by atoms with Crippen LogP contribution < -0.4 is 0 Å². The molecular weight excluding hydrogens is 354 g/mol. The van der Waals surface area contributed by atoms with Gasteiger partial charge in [0.05, 0.1) is 25.0 Å². The highest BCUT2D eigenvalue weighted by Gasteiger charge is 2.43. The van der Waals surface area contributed by atoms with Crippen LogP contribution in [0.3, 0.4) is 0 Å². The fraction of sp³-hybridized carbons (Fsp3) is 0.571. The Bertz CT molecular complexity index is 694. The average Bonchev–Trinajstić information content (AvgIpc) is 2.53. The highest BCUT2D eigenvalue weighted by molar-refractivity contribution is 7.99. The predicted molar refractivity (Wildman–Crippen MR) is 89.9 cm³/mol. The van der Waals surface area contributed by atoms with Gasteiger partial charge in [-0.2, -0.15) is 8.42 Å². The third-order valence-corrected chi connectivity index (χ3v) is 5.40. The average molecular weight is 373 g/mol. The Hall–Kier alpha value is -1.29. The Morgan fingerprint density at radius 2 is 2.08 bits per heavy atom. The van der Waals surface area contributed by atoms with Crippen molar-refractivity contribution >= 4 is 21.9 Å². The highest BCUT2D eigenvalue weighted by Crippen LogP contribution is 2.37. The molecule has 1 N–H and O–H groups in total. The van der Waals surface area contributed by atoms with Gasteiger partial charge in [0.15, 0.2) is 0 Å². The van der Waals surface area contributed by atoms with Crippen molar-refractivity contribution in [3.05, 3.63) is 40.8 Å². The number of thioether (sulfide) groups is 1. The molecule has 1 fully saturated rings. The van der Waals surface area contributed by atoms with Crippen LogP contribution in [0.25, 0.3) is 10.4 Å². The van der Waals surface area contributed by atoms with Gasteiger partial charge in [-0.25, -0.2) is 0 Å². The van der Waals surface area contributed by atoms with Crippen LogP contribution in [0, 0.1) is 5.92 Å². The van der Waals surface area contributed by atoms with Crippen molar-refractivity contribution in [2.75, 3.05) is 12.9 Å². The second-order valence-electron chi connectivity index (χ2n) is 5.51. The number of aliphatic hydroxyl groups excluding tert-OH is 1. The van der Waals surface area contributed by atoms with Crippen molar-refractivity contribution in [1.29, 1.82) is 0 Å². The maximum atomic E-state index is 11.2. The Morgan fingerprint density at radius 3 is 2.67 bits per heavy atom. The molecule has 0 aliphatic carbocycles. The van der Waals surface area contributed by atoms with E-state index in [4.69, 9.17) is 14.5 Å². The Morgan fingerprint density at radius 1 is 1.42 bits per heavy atom. The standard InChI is InChI=1S/C14H19N3O5S2/c1-9-12(16-17-15)14(23-10-6-4-3-5-7-10)22-11(13(9)18)8-21-24(2,19)20/h3-7,9,11-14,18H,8H2,1-2H3/t9?,11?,12-,13-,14-/m0/s1. The molecule has 0 radical (unpaired) electrons. The molecule has 1 aliphatic heterocycles. The summed E-state index contributed by atoms with van der Waals surface area (Å²) in [5.74, 6) is -0.413. The summed E-state index contributed by atoms with van der Waals surface area (Å²) >= 11 is 1.35. The Kier molecular flexibility index (Phi) is 6.50. The third kappa shape index (κ3) is 5.10. The lowest BCUT2D eigenvalue weighted by atomic mass is 9.90. The largest absolute Gasteiger partial charge is 0.390 e. The summed E-state index contributed by atoms with van der Waals surface area (Å²) in [5, 5.41) is 14.1. The second-order valence-corrected chi connectivity index (χ2v) is 8.32. The molecule has 1 saturated heterocycles. The molecule has 1 heterocycles. The molecular formula is C14H19N3O5S2. The van der Waals surface area contributed by atoms with Gasteiger partial charge in [-0.3, -0.25) is 4.18 Å². The predicted octanol–water partition coefficient (Wildman–Crippen LogP) is 2.16. The highest BCUT2D eigenvalue weighted by atomic mass is 32.2. The van der Waals surface area contributed by atoms with E-state index < -0.39 is 39.7 Å². The molecule has 8 nitrogen and oxygen atoms in total. The first kappa shape index (κ1) is 19.0. The first-order valence-corrected chi connectivity index (χ1v) is 9.95. The maximum Gasteiger partial charge on any atom is 0.264 e. The number of rotatable bonds is 6. The quantitative estimate of drug-likeness (QED) is 0.353. The van der Waals surface area contributed by atoms with Crippen LogP contribution in [0.1, 0.15) is 6.92 Å². The number of aliphatic hydroxyl groups is 1. The lowest BCUT2D eigenvalue weighted by Gasteiger charge is -2.41. The van der Waals surface area contributed by atoms with Crippen LogP contribution in [-0.2, 0) is 19.0 Å². The molecule has 132 valence electrons. The molecule has 24 heavy (non-hydrogen) atoms. The van der Waals surface area contributed by atoms with E-state index in [2.05, 4.69) is 10.0 Å². The molecule has 1 aromatic rings. The molecule has 2 rings (SSSR count). The summed E-state index contributed by atoms with van der Waals surface area (Å²) in [7, 11) is -3.64. The monoisotopic (exact) mass is 373 g/mol. The molecule has 1 aliphatic rings. The van der Waals surface area contributed by atoms with Crippen LogP contribution in [0.2, 0.25) is 0 Å². The van der Waals surface area contributed by atoms with E-state index in [1.807, 2.05) is 30.3 Å². The van der Waals surface area contributed by atoms with E-state index in [1.165, 1.54) is 11.8 Å². The van der Waals surface area contributed by atoms with E-state index in [-0.39, 0.29) is 6.61 Å². The maximum absolute atomic E-state index is 11.2. The zero-order valence-corrected chi connectivity index (χ0v) is 14.9. The van der Waals surface area contributed by atoms with Crippen LogP contribution >= 0.6 is 11.8 Å². The third-order valence-electron chi connectivity index (χ3n) is 3.67. The number of hydrogen-bond donors (Lipinski definition) is 1. The summed E-state index contributed by atoms with van der Waals surface area (Å²) < 4.78 is 32.9. The van der Waals surface area contributed by atoms with Crippen molar-refractivity contribution < 1.29 is 22.4 Å². The van der Waals surface area contributed by atoms with Crippen molar-refractivity contribution in [2.24, 2.45) is 11.0 Å². The van der Waals surface area contributed by atoms with Crippen molar-refractivity contribution in [2.45, 2.75) is 35.5 Å². The topological polar surface area (TPSA) is 122 Å². The summed E-state index contributed by atoms with van der Waals surface area (Å²) in [4.78, 5) is 3.75. The van der Waals surface area contributed by atoms with Gasteiger partial charge in [-0.1, -0.05) is 42.0 Å². The van der Waals surface area contributed by atoms with E-state index in [0.717, 1.165) is 11.2 Å². The van der Waals surface area contributed by atoms with Gasteiger partial charge in [0, 0.05) is 9.81 Å². The Labute approximate surface area is 144 Å². The summed E-state index contributed by atoms with van der Waals surface area (Å²) in [5.41, 5.74) is 8.23. The zero-order chi connectivity index (χ0) is 17.7. The fourth-order valence-corrected chi connectivity index (χ4v) is 4.00. The lowest BCUT2D eigenvalue weighted by molar-refractivity contribution is -0.133. The summed E-state index contributed by atoms with van der Waals surface area (Å²) in [6, 6.07) is 8.81. The first-order valence-electron chi connectivity index (χ1n) is 7.25. The lowest BCUT2D eigenvalue weighted by Crippen LogP contribution is -2.52. The minimum absolute atomic E-state index is 0.292. The van der Waals surface area contributed by atoms with Gasteiger partial charge in [-0.05, 0) is 23.6 Å². The van der Waals surface area contributed by atoms with Gasteiger partial charge in [0.25, 0.3) is 10.1 Å². The van der Waals surface area contributed by atoms with E-state index >= 15 is 0 Å². The first-order chi connectivity index (χ1) is 11.3. The fourth-order valence-electron chi connectivity index (χ4n) is 2.40. The molecule has 5 atom stereocenters. The minimum Gasteiger partial charge on any atom is -0.390 e. The van der Waals surface area contributed by atoms with Gasteiger partial charge in [0.2, 0.25) is 0 Å². The number of azide groups is 1. The van der Waals surface area contributed by atoms with Gasteiger partial charge in [0.1, 0.15) is 11.5 Å².